The van der Waals surface area contributed by atoms with Crippen molar-refractivity contribution < 1.29 is 38.1 Å². The second-order valence-electron chi connectivity index (χ2n) is 11.7. The van der Waals surface area contributed by atoms with Gasteiger partial charge in [-0.3, -0.25) is 14.3 Å². The lowest BCUT2D eigenvalue weighted by Crippen LogP contribution is -2.48. The van der Waals surface area contributed by atoms with Crippen molar-refractivity contribution in [3.05, 3.63) is 107 Å². The highest BCUT2D eigenvalue weighted by Gasteiger charge is 2.31. The molecule has 13 heteroatoms. The number of aliphatic hydroxyl groups is 2. The van der Waals surface area contributed by atoms with Crippen molar-refractivity contribution in [3.8, 4) is 11.1 Å². The first-order valence-corrected chi connectivity index (χ1v) is 16.5. The first-order valence-electron chi connectivity index (χ1n) is 15.0. The minimum Gasteiger partial charge on any atom is -0.479 e. The molecule has 2 atom stereocenters. The Hall–Kier alpha value is -4.85. The summed E-state index contributed by atoms with van der Waals surface area (Å²) in [6, 6.07) is 22.7. The molecule has 248 valence electrons. The maximum Gasteiger partial charge on any atom is 0.334 e. The quantitative estimate of drug-likeness (QED) is 0.135. The van der Waals surface area contributed by atoms with Gasteiger partial charge in [0.1, 0.15) is 11.3 Å². The largest absolute Gasteiger partial charge is 0.479 e. The number of benzene rings is 3. The van der Waals surface area contributed by atoms with E-state index < -0.39 is 45.6 Å². The van der Waals surface area contributed by atoms with E-state index in [4.69, 9.17) is 0 Å². The molecule has 4 rings (SSSR count). The fraction of sp³-hybridized carbons (Fsp3) is 0.294. The summed E-state index contributed by atoms with van der Waals surface area (Å²) in [6.45, 7) is 4.65. The molecule has 1 heterocycles. The fourth-order valence-corrected chi connectivity index (χ4v) is 6.23. The minimum absolute atomic E-state index is 0.0768. The zero-order valence-electron chi connectivity index (χ0n) is 26.3. The summed E-state index contributed by atoms with van der Waals surface area (Å²) in [5.74, 6) is -3.12. The second kappa shape index (κ2) is 14.7. The predicted molar refractivity (Wildman–Crippen MR) is 174 cm³/mol. The third-order valence-electron chi connectivity index (χ3n) is 7.41. The van der Waals surface area contributed by atoms with Gasteiger partial charge in [-0.15, -0.1) is 0 Å². The van der Waals surface area contributed by atoms with Gasteiger partial charge in [-0.2, -0.15) is 5.10 Å². The Morgan fingerprint density at radius 1 is 0.936 bits per heavy atom. The Labute approximate surface area is 273 Å². The number of nitrogens with zero attached hydrogens (tertiary/aromatic N) is 2. The zero-order valence-corrected chi connectivity index (χ0v) is 27.1. The molecular weight excluding hydrogens is 624 g/mol. The number of aliphatic carboxylic acids is 1. The molecule has 0 radical (unpaired) electrons. The lowest BCUT2D eigenvalue weighted by atomic mass is 10.0. The molecule has 12 nitrogen and oxygen atoms in total. The number of carboxylic acids is 1. The topological polar surface area (TPSA) is 188 Å². The van der Waals surface area contributed by atoms with Crippen molar-refractivity contribution in [1.82, 2.24) is 19.8 Å². The van der Waals surface area contributed by atoms with Gasteiger partial charge in [-0.05, 0) is 55.5 Å². The molecule has 0 fully saturated rings. The molecule has 5 N–H and O–H groups in total. The third kappa shape index (κ3) is 8.91. The average Bonchev–Trinajstić information content (AvgIpc) is 3.43. The molecule has 0 bridgehead atoms. The Morgan fingerprint density at radius 3 is 2.19 bits per heavy atom. The molecule has 0 saturated carbocycles. The molecular formula is C34H38N4O8S. The first-order chi connectivity index (χ1) is 22.2. The predicted octanol–water partition coefficient (Wildman–Crippen LogP) is 2.91. The molecule has 2 amide bonds. The average molecular weight is 663 g/mol. The van der Waals surface area contributed by atoms with E-state index in [1.807, 2.05) is 17.7 Å². The van der Waals surface area contributed by atoms with Crippen molar-refractivity contribution >= 4 is 27.8 Å². The summed E-state index contributed by atoms with van der Waals surface area (Å²) >= 11 is 0. The van der Waals surface area contributed by atoms with Gasteiger partial charge in [0, 0.05) is 11.3 Å². The molecule has 0 aliphatic heterocycles. The molecule has 0 unspecified atom stereocenters. The minimum atomic E-state index is -4.29. The summed E-state index contributed by atoms with van der Waals surface area (Å²) in [5, 5.41) is 36.8. The number of aryl methyl sites for hydroxylation is 1. The Balaban J connectivity index is 1.55. The van der Waals surface area contributed by atoms with Crippen molar-refractivity contribution in [2.45, 2.75) is 69.2 Å². The van der Waals surface area contributed by atoms with Crippen LogP contribution in [0, 0.1) is 0 Å². The highest BCUT2D eigenvalue weighted by atomic mass is 32.2. The number of carbonyl (C=O) groups excluding carboxylic acids is 2. The summed E-state index contributed by atoms with van der Waals surface area (Å²) in [7, 11) is -4.29. The molecule has 0 aliphatic carbocycles. The number of rotatable bonds is 14. The van der Waals surface area contributed by atoms with Crippen LogP contribution in [-0.4, -0.2) is 69.0 Å². The van der Waals surface area contributed by atoms with Gasteiger partial charge in [-0.1, -0.05) is 86.1 Å². The SMILES string of the molecule is CCCc1cc(C(=O)N[C@H](Cc2ccccc2)[C@@H](O)C(=O)O)nn1Cc1ccc(-c2ccccc2S(=O)(=O)NC(=O)C(C)(C)O)cc1. The smallest absolute Gasteiger partial charge is 0.334 e. The number of hydrogen-bond acceptors (Lipinski definition) is 8. The number of nitrogens with one attached hydrogen (secondary N) is 2. The van der Waals surface area contributed by atoms with Crippen molar-refractivity contribution in [3.63, 3.8) is 0 Å². The molecule has 47 heavy (non-hydrogen) atoms. The maximum absolute atomic E-state index is 13.3. The summed E-state index contributed by atoms with van der Waals surface area (Å²) in [6.07, 6.45) is -0.334. The lowest BCUT2D eigenvalue weighted by molar-refractivity contribution is -0.148. The molecule has 4 aromatic rings. The normalized spacial score (nSPS) is 13.0. The van der Waals surface area contributed by atoms with Crippen LogP contribution in [0.25, 0.3) is 11.1 Å². The number of aromatic nitrogens is 2. The van der Waals surface area contributed by atoms with Gasteiger partial charge in [0.25, 0.3) is 21.8 Å². The number of aliphatic hydroxyl groups excluding tert-OH is 1. The van der Waals surface area contributed by atoms with Crippen molar-refractivity contribution in [2.75, 3.05) is 0 Å². The van der Waals surface area contributed by atoms with E-state index in [2.05, 4.69) is 10.4 Å². The van der Waals surface area contributed by atoms with Gasteiger partial charge in [0.15, 0.2) is 6.10 Å². The van der Waals surface area contributed by atoms with E-state index >= 15 is 0 Å². The Morgan fingerprint density at radius 2 is 1.57 bits per heavy atom. The first kappa shape index (κ1) is 35.0. The number of sulfonamides is 1. The number of carbonyl (C=O) groups is 3. The van der Waals surface area contributed by atoms with Gasteiger partial charge >= 0.3 is 5.97 Å². The summed E-state index contributed by atoms with van der Waals surface area (Å²) < 4.78 is 29.7. The van der Waals surface area contributed by atoms with Crippen molar-refractivity contribution in [1.29, 1.82) is 0 Å². The van der Waals surface area contributed by atoms with Crippen LogP contribution in [0.4, 0.5) is 0 Å². The standard InChI is InChI=1S/C34H38N4O8S/c1-4-10-25-20-28(31(40)35-27(30(39)32(41)42)19-22-11-6-5-7-12-22)36-38(25)21-23-15-17-24(18-16-23)26-13-8-9-14-29(26)47(45,46)37-33(43)34(2,3)44/h5-9,11-18,20,27,30,39,44H,4,10,19,21H2,1-3H3,(H,35,40)(H,37,43)(H,41,42)/t27-,30-/m1/s1. The molecule has 0 aliphatic rings. The van der Waals surface area contributed by atoms with Gasteiger partial charge in [0.2, 0.25) is 0 Å². The van der Waals surface area contributed by atoms with Gasteiger partial charge in [-0.25, -0.2) is 17.9 Å². The number of amides is 2. The number of carboxylic acid groups (broad SMARTS) is 1. The van der Waals surface area contributed by atoms with Crippen LogP contribution < -0.4 is 10.0 Å². The van der Waals surface area contributed by atoms with Crippen LogP contribution >= 0.6 is 0 Å². The van der Waals surface area contributed by atoms with Crippen LogP contribution in [0.5, 0.6) is 0 Å². The lowest BCUT2D eigenvalue weighted by Gasteiger charge is -2.21. The summed E-state index contributed by atoms with van der Waals surface area (Å²) in [4.78, 5) is 36.9. The maximum atomic E-state index is 13.3. The molecule has 1 aromatic heterocycles. The van der Waals surface area contributed by atoms with Crippen LogP contribution in [0.2, 0.25) is 0 Å². The van der Waals surface area contributed by atoms with Gasteiger partial charge in [0.05, 0.1) is 17.5 Å². The highest BCUT2D eigenvalue weighted by molar-refractivity contribution is 7.90. The molecule has 0 spiro atoms. The fourth-order valence-electron chi connectivity index (χ4n) is 4.89. The zero-order chi connectivity index (χ0) is 34.4. The van der Waals surface area contributed by atoms with E-state index in [9.17, 15) is 38.1 Å². The van der Waals surface area contributed by atoms with Crippen LogP contribution in [0.3, 0.4) is 0 Å². The van der Waals surface area contributed by atoms with Gasteiger partial charge < -0.3 is 20.6 Å². The van der Waals surface area contributed by atoms with Crippen molar-refractivity contribution in [2.24, 2.45) is 0 Å². The van der Waals surface area contributed by atoms with E-state index in [1.165, 1.54) is 26.0 Å². The Kier molecular flexibility index (Phi) is 11.0. The van der Waals surface area contributed by atoms with E-state index in [1.54, 1.807) is 71.4 Å². The van der Waals surface area contributed by atoms with Crippen LogP contribution in [0.1, 0.15) is 54.5 Å². The summed E-state index contributed by atoms with van der Waals surface area (Å²) in [5.41, 5.74) is 1.44. The number of hydrogen-bond donors (Lipinski definition) is 5. The monoisotopic (exact) mass is 662 g/mol. The third-order valence-corrected chi connectivity index (χ3v) is 8.80. The second-order valence-corrected chi connectivity index (χ2v) is 13.3. The van der Waals surface area contributed by atoms with Crippen LogP contribution in [0.15, 0.2) is 89.8 Å². The Bertz CT molecular complexity index is 1830. The molecule has 0 saturated heterocycles. The molecule has 3 aromatic carbocycles. The van der Waals surface area contributed by atoms with E-state index in [0.717, 1.165) is 23.2 Å². The van der Waals surface area contributed by atoms with Crippen LogP contribution in [-0.2, 0) is 39.0 Å². The van der Waals surface area contributed by atoms with E-state index in [0.29, 0.717) is 17.5 Å². The van der Waals surface area contributed by atoms with E-state index in [-0.39, 0.29) is 23.6 Å². The highest BCUT2D eigenvalue weighted by Crippen LogP contribution is 2.28.